The van der Waals surface area contributed by atoms with E-state index in [4.69, 9.17) is 9.47 Å². The van der Waals surface area contributed by atoms with Gasteiger partial charge in [0, 0.05) is 11.8 Å². The Labute approximate surface area is 154 Å². The van der Waals surface area contributed by atoms with Crippen LogP contribution in [0.4, 0.5) is 5.82 Å². The van der Waals surface area contributed by atoms with Crippen molar-refractivity contribution in [2.24, 2.45) is 5.92 Å². The molecule has 1 heterocycles. The maximum absolute atomic E-state index is 12.4. The van der Waals surface area contributed by atoms with Gasteiger partial charge in [-0.2, -0.15) is 0 Å². The van der Waals surface area contributed by atoms with E-state index in [2.05, 4.69) is 10.3 Å². The van der Waals surface area contributed by atoms with E-state index >= 15 is 0 Å². The number of carbonyl (C=O) groups excluding carboxylic acids is 1. The molecule has 1 N–H and O–H groups in total. The third-order valence-corrected chi connectivity index (χ3v) is 4.77. The molecule has 5 heteroatoms. The summed E-state index contributed by atoms with van der Waals surface area (Å²) in [5.74, 6) is 2.27. The summed E-state index contributed by atoms with van der Waals surface area (Å²) in [4.78, 5) is 16.7. The Bertz CT molecular complexity index is 727. The fourth-order valence-corrected chi connectivity index (χ4v) is 3.36. The Kier molecular flexibility index (Phi) is 6.47. The molecule has 5 nitrogen and oxygen atoms in total. The molecule has 1 aliphatic rings. The highest BCUT2D eigenvalue weighted by Gasteiger charge is 2.16. The molecule has 138 valence electrons. The fourth-order valence-electron chi connectivity index (χ4n) is 3.36. The van der Waals surface area contributed by atoms with Crippen molar-refractivity contribution in [1.82, 2.24) is 4.98 Å². The topological polar surface area (TPSA) is 60.5 Å². The number of carbonyl (C=O) groups is 1. The minimum atomic E-state index is -0.143. The van der Waals surface area contributed by atoms with E-state index in [9.17, 15) is 4.79 Å². The second kappa shape index (κ2) is 9.22. The maximum Gasteiger partial charge on any atom is 0.230 e. The first kappa shape index (κ1) is 18.2. The van der Waals surface area contributed by atoms with Gasteiger partial charge in [-0.1, -0.05) is 37.5 Å². The molecule has 0 atom stereocenters. The second-order valence-corrected chi connectivity index (χ2v) is 6.70. The van der Waals surface area contributed by atoms with Gasteiger partial charge in [0.15, 0.2) is 11.6 Å². The number of rotatable bonds is 7. The lowest BCUT2D eigenvalue weighted by Crippen LogP contribution is -2.19. The third kappa shape index (κ3) is 4.97. The molecule has 1 aromatic heterocycles. The van der Waals surface area contributed by atoms with Crippen LogP contribution in [0.15, 0.2) is 42.6 Å². The number of hydrogen-bond donors (Lipinski definition) is 1. The Morgan fingerprint density at radius 3 is 2.69 bits per heavy atom. The lowest BCUT2D eigenvalue weighted by molar-refractivity contribution is -0.115. The van der Waals surface area contributed by atoms with Crippen LogP contribution in [0.2, 0.25) is 0 Å². The highest BCUT2D eigenvalue weighted by atomic mass is 16.5. The summed E-state index contributed by atoms with van der Waals surface area (Å²) >= 11 is 0. The Morgan fingerprint density at radius 2 is 1.88 bits per heavy atom. The van der Waals surface area contributed by atoms with E-state index < -0.39 is 0 Å². The molecule has 0 radical (unpaired) electrons. The molecule has 26 heavy (non-hydrogen) atoms. The quantitative estimate of drug-likeness (QED) is 0.808. The van der Waals surface area contributed by atoms with Crippen LogP contribution >= 0.6 is 0 Å². The van der Waals surface area contributed by atoms with Crippen LogP contribution in [0.5, 0.6) is 11.5 Å². The number of ether oxygens (including phenoxy) is 2. The number of anilines is 1. The van der Waals surface area contributed by atoms with Crippen LogP contribution in [0.1, 0.15) is 37.7 Å². The average Bonchev–Trinajstić information content (AvgIpc) is 2.68. The van der Waals surface area contributed by atoms with Gasteiger partial charge in [-0.15, -0.1) is 0 Å². The Morgan fingerprint density at radius 1 is 1.12 bits per heavy atom. The SMILES string of the molecule is COc1ccccc1CC(=O)Nc1ncccc1OCC1CCCCC1. The van der Waals surface area contributed by atoms with Gasteiger partial charge in [0.05, 0.1) is 20.1 Å². The van der Waals surface area contributed by atoms with Crippen molar-refractivity contribution in [2.75, 3.05) is 19.0 Å². The summed E-state index contributed by atoms with van der Waals surface area (Å²) < 4.78 is 11.3. The van der Waals surface area contributed by atoms with Crippen LogP contribution in [-0.2, 0) is 11.2 Å². The van der Waals surface area contributed by atoms with Gasteiger partial charge in [0.2, 0.25) is 5.91 Å². The second-order valence-electron chi connectivity index (χ2n) is 6.70. The number of amides is 1. The Balaban J connectivity index is 1.61. The van der Waals surface area contributed by atoms with E-state index in [-0.39, 0.29) is 12.3 Å². The summed E-state index contributed by atoms with van der Waals surface area (Å²) in [5, 5.41) is 2.87. The molecule has 1 fully saturated rings. The molecule has 3 rings (SSSR count). The molecular weight excluding hydrogens is 328 g/mol. The zero-order valence-corrected chi connectivity index (χ0v) is 15.2. The van der Waals surface area contributed by atoms with E-state index in [1.807, 2.05) is 36.4 Å². The summed E-state index contributed by atoms with van der Waals surface area (Å²) in [7, 11) is 1.60. The number of benzene rings is 1. The first-order valence-electron chi connectivity index (χ1n) is 9.26. The average molecular weight is 354 g/mol. The monoisotopic (exact) mass is 354 g/mol. The van der Waals surface area contributed by atoms with Crippen molar-refractivity contribution in [3.8, 4) is 11.5 Å². The molecule has 0 aliphatic heterocycles. The lowest BCUT2D eigenvalue weighted by Gasteiger charge is -2.22. The summed E-state index contributed by atoms with van der Waals surface area (Å²) in [6.07, 6.45) is 8.21. The molecule has 1 aliphatic carbocycles. The van der Waals surface area contributed by atoms with Crippen molar-refractivity contribution in [3.63, 3.8) is 0 Å². The van der Waals surface area contributed by atoms with Crippen molar-refractivity contribution in [3.05, 3.63) is 48.2 Å². The minimum Gasteiger partial charge on any atom is -0.496 e. The van der Waals surface area contributed by atoms with Gasteiger partial charge in [-0.25, -0.2) is 4.98 Å². The standard InChI is InChI=1S/C21H26N2O3/c1-25-18-11-6-5-10-17(18)14-20(24)23-21-19(12-7-13-22-21)26-15-16-8-3-2-4-9-16/h5-7,10-13,16H,2-4,8-9,14-15H2,1H3,(H,22,23,24). The zero-order chi connectivity index (χ0) is 18.2. The van der Waals surface area contributed by atoms with Crippen molar-refractivity contribution >= 4 is 11.7 Å². The van der Waals surface area contributed by atoms with Crippen LogP contribution in [0.3, 0.4) is 0 Å². The molecule has 0 bridgehead atoms. The highest BCUT2D eigenvalue weighted by molar-refractivity contribution is 5.92. The normalized spacial score (nSPS) is 14.7. The number of nitrogens with zero attached hydrogens (tertiary/aromatic N) is 1. The van der Waals surface area contributed by atoms with Crippen LogP contribution in [0.25, 0.3) is 0 Å². The van der Waals surface area contributed by atoms with E-state index in [1.54, 1.807) is 13.3 Å². The summed E-state index contributed by atoms with van der Waals surface area (Å²) in [5.41, 5.74) is 0.841. The van der Waals surface area contributed by atoms with Crippen molar-refractivity contribution in [1.29, 1.82) is 0 Å². The predicted molar refractivity (Wildman–Crippen MR) is 102 cm³/mol. The third-order valence-electron chi connectivity index (χ3n) is 4.77. The highest BCUT2D eigenvalue weighted by Crippen LogP contribution is 2.27. The number of methoxy groups -OCH3 is 1. The molecule has 1 aromatic carbocycles. The van der Waals surface area contributed by atoms with Gasteiger partial charge in [-0.3, -0.25) is 4.79 Å². The number of para-hydroxylation sites is 1. The van der Waals surface area contributed by atoms with Crippen molar-refractivity contribution < 1.29 is 14.3 Å². The van der Waals surface area contributed by atoms with Crippen molar-refractivity contribution in [2.45, 2.75) is 38.5 Å². The van der Waals surface area contributed by atoms with Crippen LogP contribution in [0, 0.1) is 5.92 Å². The lowest BCUT2D eigenvalue weighted by atomic mass is 9.90. The van der Waals surface area contributed by atoms with Gasteiger partial charge in [0.1, 0.15) is 5.75 Å². The van der Waals surface area contributed by atoms with E-state index in [1.165, 1.54) is 32.1 Å². The largest absolute Gasteiger partial charge is 0.496 e. The molecule has 1 amide bonds. The summed E-state index contributed by atoms with van der Waals surface area (Å²) in [6.45, 7) is 0.682. The zero-order valence-electron chi connectivity index (χ0n) is 15.2. The van der Waals surface area contributed by atoms with E-state index in [0.717, 1.165) is 5.56 Å². The predicted octanol–water partition coefficient (Wildman–Crippen LogP) is 4.23. The molecule has 1 saturated carbocycles. The smallest absolute Gasteiger partial charge is 0.230 e. The van der Waals surface area contributed by atoms with Gasteiger partial charge < -0.3 is 14.8 Å². The molecular formula is C21H26N2O3. The first-order valence-corrected chi connectivity index (χ1v) is 9.26. The van der Waals surface area contributed by atoms with Gasteiger partial charge >= 0.3 is 0 Å². The minimum absolute atomic E-state index is 0.143. The van der Waals surface area contributed by atoms with E-state index in [0.29, 0.717) is 29.8 Å². The van der Waals surface area contributed by atoms with Crippen LogP contribution in [-0.4, -0.2) is 24.6 Å². The Hall–Kier alpha value is -2.56. The van der Waals surface area contributed by atoms with Crippen LogP contribution < -0.4 is 14.8 Å². The summed E-state index contributed by atoms with van der Waals surface area (Å²) in [6, 6.07) is 11.2. The fraction of sp³-hybridized carbons (Fsp3) is 0.429. The molecule has 0 unspecified atom stereocenters. The number of hydrogen-bond acceptors (Lipinski definition) is 4. The first-order chi connectivity index (χ1) is 12.8. The van der Waals surface area contributed by atoms with Gasteiger partial charge in [-0.05, 0) is 37.0 Å². The number of nitrogens with one attached hydrogen (secondary N) is 1. The van der Waals surface area contributed by atoms with Gasteiger partial charge in [0.25, 0.3) is 0 Å². The number of pyridine rings is 1. The molecule has 0 saturated heterocycles. The molecule has 2 aromatic rings. The number of aromatic nitrogens is 1. The maximum atomic E-state index is 12.4. The molecule has 0 spiro atoms.